The fourth-order valence-corrected chi connectivity index (χ4v) is 3.42. The van der Waals surface area contributed by atoms with Crippen LogP contribution in [0.5, 0.6) is 0 Å². The average Bonchev–Trinajstić information content (AvgIpc) is 2.83. The van der Waals surface area contributed by atoms with Gasteiger partial charge in [0.2, 0.25) is 5.91 Å². The molecule has 2 amide bonds. The third-order valence-corrected chi connectivity index (χ3v) is 5.35. The Balaban J connectivity index is 1.52. The lowest BCUT2D eigenvalue weighted by molar-refractivity contribution is -0.133. The summed E-state index contributed by atoms with van der Waals surface area (Å²) in [5.74, 6) is -1.11. The van der Waals surface area contributed by atoms with E-state index in [1.54, 1.807) is 17.6 Å². The molecule has 0 aliphatic carbocycles. The summed E-state index contributed by atoms with van der Waals surface area (Å²) in [7, 11) is 0. The van der Waals surface area contributed by atoms with Crippen LogP contribution in [0.25, 0.3) is 12.2 Å². The van der Waals surface area contributed by atoms with Gasteiger partial charge in [0.15, 0.2) is 0 Å². The average molecular weight is 449 g/mol. The Labute approximate surface area is 192 Å². The number of rotatable bonds is 9. The second kappa shape index (κ2) is 11.8. The molecule has 1 unspecified atom stereocenters. The lowest BCUT2D eigenvalue weighted by atomic mass is 9.95. The van der Waals surface area contributed by atoms with Crippen molar-refractivity contribution in [2.45, 2.75) is 12.8 Å². The SMILES string of the molecule is O=C(NCCC(Cc1ccccc1)C(=O)NO)c1ccc(/C=C/c2ccc(Cl)cc2)cc1. The summed E-state index contributed by atoms with van der Waals surface area (Å²) >= 11 is 5.90. The molecule has 5 nitrogen and oxygen atoms in total. The van der Waals surface area contributed by atoms with Gasteiger partial charge in [-0.2, -0.15) is 0 Å². The van der Waals surface area contributed by atoms with Gasteiger partial charge in [-0.15, -0.1) is 0 Å². The van der Waals surface area contributed by atoms with Crippen LogP contribution in [0, 0.1) is 5.92 Å². The first-order valence-electron chi connectivity index (χ1n) is 10.3. The first-order valence-corrected chi connectivity index (χ1v) is 10.7. The summed E-state index contributed by atoms with van der Waals surface area (Å²) in [6.07, 6.45) is 4.84. The first kappa shape index (κ1) is 23.3. The van der Waals surface area contributed by atoms with Gasteiger partial charge in [0.25, 0.3) is 5.91 Å². The van der Waals surface area contributed by atoms with Gasteiger partial charge in [-0.1, -0.05) is 78.4 Å². The third kappa shape index (κ3) is 7.08. The zero-order valence-corrected chi connectivity index (χ0v) is 18.3. The molecule has 3 rings (SSSR count). The molecule has 0 saturated carbocycles. The van der Waals surface area contributed by atoms with Crippen LogP contribution in [0.3, 0.4) is 0 Å². The number of carbonyl (C=O) groups excluding carboxylic acids is 2. The second-order valence-electron chi connectivity index (χ2n) is 7.41. The molecule has 3 aromatic rings. The summed E-state index contributed by atoms with van der Waals surface area (Å²) in [6, 6.07) is 24.4. The highest BCUT2D eigenvalue weighted by atomic mass is 35.5. The predicted octanol–water partition coefficient (Wildman–Crippen LogP) is 4.99. The molecule has 0 heterocycles. The van der Waals surface area contributed by atoms with E-state index in [4.69, 9.17) is 16.8 Å². The Morgan fingerprint density at radius 1 is 0.875 bits per heavy atom. The van der Waals surface area contributed by atoms with E-state index in [0.29, 0.717) is 30.0 Å². The van der Waals surface area contributed by atoms with Gasteiger partial charge < -0.3 is 5.32 Å². The molecule has 0 bridgehead atoms. The molecular formula is C26H25ClN2O3. The quantitative estimate of drug-likeness (QED) is 0.245. The van der Waals surface area contributed by atoms with Crippen LogP contribution in [0.1, 0.15) is 33.5 Å². The molecule has 3 aromatic carbocycles. The molecule has 3 N–H and O–H groups in total. The number of carbonyl (C=O) groups is 2. The topological polar surface area (TPSA) is 78.4 Å². The summed E-state index contributed by atoms with van der Waals surface area (Å²) in [6.45, 7) is 0.321. The zero-order valence-electron chi connectivity index (χ0n) is 17.5. The van der Waals surface area contributed by atoms with Crippen molar-refractivity contribution in [3.63, 3.8) is 0 Å². The molecule has 0 aromatic heterocycles. The number of hydrogen-bond donors (Lipinski definition) is 3. The summed E-state index contributed by atoms with van der Waals surface area (Å²) in [5.41, 5.74) is 5.27. The van der Waals surface area contributed by atoms with E-state index in [1.807, 2.05) is 78.9 Å². The molecule has 1 atom stereocenters. The van der Waals surface area contributed by atoms with Crippen molar-refractivity contribution in [3.8, 4) is 0 Å². The van der Waals surface area contributed by atoms with E-state index in [-0.39, 0.29) is 5.91 Å². The lowest BCUT2D eigenvalue weighted by Crippen LogP contribution is -2.33. The van der Waals surface area contributed by atoms with Crippen molar-refractivity contribution in [3.05, 3.63) is 106 Å². The minimum Gasteiger partial charge on any atom is -0.352 e. The first-order chi connectivity index (χ1) is 15.5. The van der Waals surface area contributed by atoms with Crippen LogP contribution < -0.4 is 10.8 Å². The number of benzene rings is 3. The Bertz CT molecular complexity index is 1050. The van der Waals surface area contributed by atoms with E-state index in [1.165, 1.54) is 0 Å². The fraction of sp³-hybridized carbons (Fsp3) is 0.154. The second-order valence-corrected chi connectivity index (χ2v) is 7.85. The maximum atomic E-state index is 12.5. The van der Waals surface area contributed by atoms with Gasteiger partial charge in [0, 0.05) is 23.0 Å². The number of hydroxylamine groups is 1. The van der Waals surface area contributed by atoms with Gasteiger partial charge in [0.05, 0.1) is 0 Å². The highest BCUT2D eigenvalue weighted by molar-refractivity contribution is 6.30. The van der Waals surface area contributed by atoms with Crippen molar-refractivity contribution in [1.82, 2.24) is 10.8 Å². The standard InChI is InChI=1S/C26H25ClN2O3/c27-24-14-10-20(11-15-24)7-6-19-8-12-22(13-9-19)25(30)28-17-16-23(26(31)29-32)18-21-4-2-1-3-5-21/h1-15,23,32H,16-18H2,(H,28,30)(H,29,31)/b7-6+. The molecular weight excluding hydrogens is 424 g/mol. The molecule has 0 aliphatic heterocycles. The van der Waals surface area contributed by atoms with Gasteiger partial charge in [-0.3, -0.25) is 14.8 Å². The molecule has 0 aliphatic rings. The van der Waals surface area contributed by atoms with Gasteiger partial charge in [0.1, 0.15) is 0 Å². The highest BCUT2D eigenvalue weighted by Gasteiger charge is 2.18. The van der Waals surface area contributed by atoms with Crippen LogP contribution in [-0.2, 0) is 11.2 Å². The maximum Gasteiger partial charge on any atom is 0.251 e. The fourth-order valence-electron chi connectivity index (χ4n) is 3.29. The number of amides is 2. The van der Waals surface area contributed by atoms with Crippen LogP contribution in [0.4, 0.5) is 0 Å². The Hall–Kier alpha value is -3.41. The van der Waals surface area contributed by atoms with E-state index < -0.39 is 11.8 Å². The monoisotopic (exact) mass is 448 g/mol. The van der Waals surface area contributed by atoms with Gasteiger partial charge >= 0.3 is 0 Å². The molecule has 0 fully saturated rings. The summed E-state index contributed by atoms with van der Waals surface area (Å²) in [5, 5.41) is 12.6. The summed E-state index contributed by atoms with van der Waals surface area (Å²) in [4.78, 5) is 24.4. The molecule has 0 spiro atoms. The van der Waals surface area contributed by atoms with Crippen molar-refractivity contribution < 1.29 is 14.8 Å². The van der Waals surface area contributed by atoms with Crippen molar-refractivity contribution in [1.29, 1.82) is 0 Å². The maximum absolute atomic E-state index is 12.5. The molecule has 0 radical (unpaired) electrons. The Kier molecular flexibility index (Phi) is 8.61. The van der Waals surface area contributed by atoms with Crippen LogP contribution in [-0.4, -0.2) is 23.6 Å². The predicted molar refractivity (Wildman–Crippen MR) is 127 cm³/mol. The minimum atomic E-state index is -0.458. The van der Waals surface area contributed by atoms with Gasteiger partial charge in [-0.05, 0) is 53.8 Å². The lowest BCUT2D eigenvalue weighted by Gasteiger charge is -2.15. The molecule has 6 heteroatoms. The van der Waals surface area contributed by atoms with Crippen LogP contribution in [0.15, 0.2) is 78.9 Å². The Morgan fingerprint density at radius 2 is 1.47 bits per heavy atom. The van der Waals surface area contributed by atoms with Gasteiger partial charge in [-0.25, -0.2) is 5.48 Å². The van der Waals surface area contributed by atoms with E-state index in [2.05, 4.69) is 5.32 Å². The normalized spacial score (nSPS) is 11.8. The number of hydrogen-bond acceptors (Lipinski definition) is 3. The number of nitrogens with one attached hydrogen (secondary N) is 2. The molecule has 164 valence electrons. The third-order valence-electron chi connectivity index (χ3n) is 5.10. The minimum absolute atomic E-state index is 0.207. The Morgan fingerprint density at radius 3 is 2.06 bits per heavy atom. The van der Waals surface area contributed by atoms with E-state index >= 15 is 0 Å². The van der Waals surface area contributed by atoms with Crippen LogP contribution in [0.2, 0.25) is 5.02 Å². The molecule has 0 saturated heterocycles. The summed E-state index contributed by atoms with van der Waals surface area (Å²) < 4.78 is 0. The number of halogens is 1. The van der Waals surface area contributed by atoms with E-state index in [9.17, 15) is 9.59 Å². The van der Waals surface area contributed by atoms with Crippen molar-refractivity contribution in [2.75, 3.05) is 6.54 Å². The van der Waals surface area contributed by atoms with E-state index in [0.717, 1.165) is 16.7 Å². The van der Waals surface area contributed by atoms with Crippen LogP contribution >= 0.6 is 11.6 Å². The highest BCUT2D eigenvalue weighted by Crippen LogP contribution is 2.14. The smallest absolute Gasteiger partial charge is 0.251 e. The van der Waals surface area contributed by atoms with Crippen molar-refractivity contribution >= 4 is 35.6 Å². The zero-order chi connectivity index (χ0) is 22.8. The largest absolute Gasteiger partial charge is 0.352 e. The van der Waals surface area contributed by atoms with Crippen molar-refractivity contribution in [2.24, 2.45) is 5.92 Å². The molecule has 32 heavy (non-hydrogen) atoms.